The molecule has 5 nitrogen and oxygen atoms in total. The topological polar surface area (TPSA) is 84.6 Å². The Balaban J connectivity index is 2.48. The molecule has 0 saturated heterocycles. The smallest absolute Gasteiger partial charge is 0.257 e. The molecule has 1 amide bonds. The zero-order chi connectivity index (χ0) is 12.0. The van der Waals surface area contributed by atoms with Gasteiger partial charge in [-0.1, -0.05) is 13.0 Å². The van der Waals surface area contributed by atoms with Gasteiger partial charge in [0, 0.05) is 6.54 Å². The predicted octanol–water partition coefficient (Wildman–Crippen LogP) is 0.879. The van der Waals surface area contributed by atoms with E-state index in [4.69, 9.17) is 10.5 Å². The van der Waals surface area contributed by atoms with E-state index in [9.17, 15) is 9.90 Å². The van der Waals surface area contributed by atoms with Crippen LogP contribution in [-0.4, -0.2) is 24.2 Å². The molecule has 0 fully saturated rings. The number of hydrogen-bond acceptors (Lipinski definition) is 4. The van der Waals surface area contributed by atoms with Crippen LogP contribution >= 0.6 is 0 Å². The number of carbonyl (C=O) groups excluding carboxylic acids is 1. The molecule has 5 heteroatoms. The normalized spacial score (nSPS) is 9.81. The number of nitrogens with two attached hydrogens (primary N) is 1. The highest BCUT2D eigenvalue weighted by molar-refractivity contribution is 5.77. The van der Waals surface area contributed by atoms with Gasteiger partial charge in [-0.3, -0.25) is 4.79 Å². The fraction of sp³-hybridized carbons (Fsp3) is 0.364. The molecular weight excluding hydrogens is 208 g/mol. The molecule has 0 unspecified atom stereocenters. The van der Waals surface area contributed by atoms with Crippen LogP contribution in [0, 0.1) is 0 Å². The molecule has 0 aliphatic rings. The first-order valence-corrected chi connectivity index (χ1v) is 5.12. The number of nitrogens with one attached hydrogen (secondary N) is 1. The van der Waals surface area contributed by atoms with E-state index in [1.807, 2.05) is 6.92 Å². The Hall–Kier alpha value is -1.91. The molecule has 0 spiro atoms. The van der Waals surface area contributed by atoms with Crippen LogP contribution in [0.5, 0.6) is 11.5 Å². The number of amides is 1. The number of para-hydroxylation sites is 1. The molecule has 1 rings (SSSR count). The summed E-state index contributed by atoms with van der Waals surface area (Å²) in [6.45, 7) is 2.49. The number of phenols is 1. The molecule has 0 saturated carbocycles. The number of benzene rings is 1. The SMILES string of the molecule is CCCNC(=O)COc1cccc(O)c1N. The first-order valence-electron chi connectivity index (χ1n) is 5.12. The Morgan fingerprint density at radius 1 is 1.56 bits per heavy atom. The largest absolute Gasteiger partial charge is 0.506 e. The fourth-order valence-electron chi connectivity index (χ4n) is 1.12. The second-order valence-electron chi connectivity index (χ2n) is 3.33. The zero-order valence-electron chi connectivity index (χ0n) is 9.19. The first kappa shape index (κ1) is 12.2. The van der Waals surface area contributed by atoms with Crippen molar-refractivity contribution >= 4 is 11.6 Å². The molecule has 4 N–H and O–H groups in total. The average molecular weight is 224 g/mol. The first-order chi connectivity index (χ1) is 7.65. The van der Waals surface area contributed by atoms with E-state index < -0.39 is 0 Å². The van der Waals surface area contributed by atoms with Gasteiger partial charge in [-0.2, -0.15) is 0 Å². The summed E-state index contributed by atoms with van der Waals surface area (Å²) in [5.41, 5.74) is 5.71. The minimum Gasteiger partial charge on any atom is -0.506 e. The lowest BCUT2D eigenvalue weighted by Crippen LogP contribution is -2.29. The molecule has 0 bridgehead atoms. The van der Waals surface area contributed by atoms with Crippen LogP contribution in [0.4, 0.5) is 5.69 Å². The van der Waals surface area contributed by atoms with E-state index in [0.717, 1.165) is 6.42 Å². The predicted molar refractivity (Wildman–Crippen MR) is 61.3 cm³/mol. The Kier molecular flexibility index (Phi) is 4.44. The van der Waals surface area contributed by atoms with Gasteiger partial charge in [-0.25, -0.2) is 0 Å². The van der Waals surface area contributed by atoms with Crippen molar-refractivity contribution in [1.29, 1.82) is 0 Å². The summed E-state index contributed by atoms with van der Waals surface area (Å²) in [4.78, 5) is 11.2. The number of carbonyl (C=O) groups is 1. The van der Waals surface area contributed by atoms with E-state index in [2.05, 4.69) is 5.32 Å². The van der Waals surface area contributed by atoms with E-state index in [0.29, 0.717) is 12.3 Å². The van der Waals surface area contributed by atoms with Crippen molar-refractivity contribution in [3.63, 3.8) is 0 Å². The van der Waals surface area contributed by atoms with Crippen LogP contribution in [0.3, 0.4) is 0 Å². The highest BCUT2D eigenvalue weighted by atomic mass is 16.5. The molecule has 0 aliphatic carbocycles. The highest BCUT2D eigenvalue weighted by Gasteiger charge is 2.06. The van der Waals surface area contributed by atoms with E-state index >= 15 is 0 Å². The van der Waals surface area contributed by atoms with Crippen LogP contribution in [0.15, 0.2) is 18.2 Å². The van der Waals surface area contributed by atoms with Gasteiger partial charge in [0.1, 0.15) is 17.2 Å². The average Bonchev–Trinajstić information content (AvgIpc) is 2.28. The molecule has 0 radical (unpaired) electrons. The summed E-state index contributed by atoms with van der Waals surface area (Å²) in [5.74, 6) is 0.0581. The van der Waals surface area contributed by atoms with Crippen molar-refractivity contribution < 1.29 is 14.6 Å². The second kappa shape index (κ2) is 5.85. The van der Waals surface area contributed by atoms with Crippen LogP contribution in [0.2, 0.25) is 0 Å². The summed E-state index contributed by atoms with van der Waals surface area (Å²) >= 11 is 0. The van der Waals surface area contributed by atoms with Crippen molar-refractivity contribution in [2.45, 2.75) is 13.3 Å². The minimum atomic E-state index is -0.204. The second-order valence-corrected chi connectivity index (χ2v) is 3.33. The van der Waals surface area contributed by atoms with Crippen LogP contribution in [-0.2, 0) is 4.79 Å². The van der Waals surface area contributed by atoms with E-state index in [-0.39, 0.29) is 24.0 Å². The fourth-order valence-corrected chi connectivity index (χ4v) is 1.12. The zero-order valence-corrected chi connectivity index (χ0v) is 9.19. The van der Waals surface area contributed by atoms with Crippen molar-refractivity contribution in [2.75, 3.05) is 18.9 Å². The molecule has 1 aromatic rings. The summed E-state index contributed by atoms with van der Waals surface area (Å²) in [7, 11) is 0. The Labute approximate surface area is 94.2 Å². The van der Waals surface area contributed by atoms with Gasteiger partial charge in [0.2, 0.25) is 0 Å². The highest BCUT2D eigenvalue weighted by Crippen LogP contribution is 2.29. The maximum atomic E-state index is 11.2. The molecule has 16 heavy (non-hydrogen) atoms. The molecule has 88 valence electrons. The van der Waals surface area contributed by atoms with Crippen LogP contribution in [0.25, 0.3) is 0 Å². The maximum Gasteiger partial charge on any atom is 0.257 e. The maximum absolute atomic E-state index is 11.2. The number of anilines is 1. The quantitative estimate of drug-likeness (QED) is 0.512. The molecule has 0 aromatic heterocycles. The Morgan fingerprint density at radius 3 is 3.00 bits per heavy atom. The molecular formula is C11H16N2O3. The van der Waals surface area contributed by atoms with Gasteiger partial charge in [0.25, 0.3) is 5.91 Å². The minimum absolute atomic E-state index is 0.0496. The Bertz CT molecular complexity index is 366. The van der Waals surface area contributed by atoms with Crippen LogP contribution in [0.1, 0.15) is 13.3 Å². The van der Waals surface area contributed by atoms with Crippen molar-refractivity contribution in [2.24, 2.45) is 0 Å². The summed E-state index contributed by atoms with van der Waals surface area (Å²) < 4.78 is 5.18. The van der Waals surface area contributed by atoms with Crippen molar-refractivity contribution in [3.8, 4) is 11.5 Å². The molecule has 0 aliphatic heterocycles. The van der Waals surface area contributed by atoms with Gasteiger partial charge in [-0.05, 0) is 18.6 Å². The third-order valence-electron chi connectivity index (χ3n) is 1.97. The molecule has 0 heterocycles. The molecule has 0 atom stereocenters. The van der Waals surface area contributed by atoms with Crippen molar-refractivity contribution in [3.05, 3.63) is 18.2 Å². The lowest BCUT2D eigenvalue weighted by atomic mass is 10.3. The van der Waals surface area contributed by atoms with Gasteiger partial charge in [0.05, 0.1) is 0 Å². The standard InChI is InChI=1S/C11H16N2O3/c1-2-6-13-10(15)7-16-9-5-3-4-8(14)11(9)12/h3-5,14H,2,6-7,12H2,1H3,(H,13,15). The van der Waals surface area contributed by atoms with Gasteiger partial charge < -0.3 is 20.9 Å². The number of hydrogen-bond donors (Lipinski definition) is 3. The summed E-state index contributed by atoms with van der Waals surface area (Å²) in [6.07, 6.45) is 0.875. The van der Waals surface area contributed by atoms with Crippen molar-refractivity contribution in [1.82, 2.24) is 5.32 Å². The van der Waals surface area contributed by atoms with Gasteiger partial charge >= 0.3 is 0 Å². The summed E-state index contributed by atoms with van der Waals surface area (Å²) in [6, 6.07) is 4.66. The number of aromatic hydroxyl groups is 1. The number of ether oxygens (including phenoxy) is 1. The van der Waals surface area contributed by atoms with Gasteiger partial charge in [-0.15, -0.1) is 0 Å². The summed E-state index contributed by atoms with van der Waals surface area (Å²) in [5, 5.41) is 12.0. The van der Waals surface area contributed by atoms with E-state index in [1.54, 1.807) is 12.1 Å². The third kappa shape index (κ3) is 3.34. The van der Waals surface area contributed by atoms with E-state index in [1.165, 1.54) is 6.07 Å². The third-order valence-corrected chi connectivity index (χ3v) is 1.97. The monoisotopic (exact) mass is 224 g/mol. The lowest BCUT2D eigenvalue weighted by Gasteiger charge is -2.09. The Morgan fingerprint density at radius 2 is 2.31 bits per heavy atom. The van der Waals surface area contributed by atoms with Gasteiger partial charge in [0.15, 0.2) is 6.61 Å². The number of rotatable bonds is 5. The number of phenolic OH excluding ortho intramolecular Hbond substituents is 1. The molecule has 1 aromatic carbocycles. The van der Waals surface area contributed by atoms with Crippen LogP contribution < -0.4 is 15.8 Å². The lowest BCUT2D eigenvalue weighted by molar-refractivity contribution is -0.123. The number of nitrogen functional groups attached to an aromatic ring is 1.